The third-order valence-corrected chi connectivity index (χ3v) is 2.17. The molecule has 1 atom stereocenters. The van der Waals surface area contributed by atoms with Crippen LogP contribution >= 0.6 is 0 Å². The van der Waals surface area contributed by atoms with Crippen LogP contribution in [0.5, 0.6) is 0 Å². The van der Waals surface area contributed by atoms with E-state index in [0.717, 1.165) is 6.42 Å². The van der Waals surface area contributed by atoms with Crippen molar-refractivity contribution >= 4 is 0 Å². The minimum Gasteiger partial charge on any atom is -0.390 e. The monoisotopic (exact) mass is 178 g/mol. The Balaban J connectivity index is 2.64. The molecule has 0 fully saturated rings. The average Bonchev–Trinajstić information content (AvgIpc) is 2.03. The zero-order chi connectivity index (χ0) is 9.90. The predicted molar refractivity (Wildman–Crippen MR) is 55.8 cm³/mol. The molecule has 72 valence electrons. The van der Waals surface area contributed by atoms with Crippen LogP contribution in [0.3, 0.4) is 0 Å². The van der Waals surface area contributed by atoms with Gasteiger partial charge < -0.3 is 5.11 Å². The average molecular weight is 178 g/mol. The Kier molecular flexibility index (Phi) is 3.10. The van der Waals surface area contributed by atoms with E-state index in [4.69, 9.17) is 0 Å². The largest absolute Gasteiger partial charge is 0.390 e. The molecule has 0 aromatic heterocycles. The van der Waals surface area contributed by atoms with Crippen molar-refractivity contribution in [1.29, 1.82) is 0 Å². The summed E-state index contributed by atoms with van der Waals surface area (Å²) in [4.78, 5) is 0. The van der Waals surface area contributed by atoms with Crippen molar-refractivity contribution < 1.29 is 5.11 Å². The standard InChI is InChI=1S/C12H18O/c1-10(9-12(2,3)13)11-7-5-4-6-8-11/h4-8,10,13H,9H2,1-3H3/t10-/m0/s1. The molecule has 0 aliphatic heterocycles. The molecule has 0 spiro atoms. The second-order valence-corrected chi connectivity index (χ2v) is 4.33. The van der Waals surface area contributed by atoms with Gasteiger partial charge in [0.15, 0.2) is 0 Å². The van der Waals surface area contributed by atoms with Crippen molar-refractivity contribution in [3.8, 4) is 0 Å². The SMILES string of the molecule is C[C@@H](CC(C)(C)O)c1ccccc1. The molecular formula is C12H18O. The molecule has 1 heteroatoms. The fourth-order valence-electron chi connectivity index (χ4n) is 1.65. The van der Waals surface area contributed by atoms with Crippen molar-refractivity contribution in [2.45, 2.75) is 38.7 Å². The fourth-order valence-corrected chi connectivity index (χ4v) is 1.65. The smallest absolute Gasteiger partial charge is 0.0597 e. The number of rotatable bonds is 3. The Morgan fingerprint density at radius 1 is 1.23 bits per heavy atom. The van der Waals surface area contributed by atoms with Gasteiger partial charge in [-0.2, -0.15) is 0 Å². The minimum atomic E-state index is -0.574. The van der Waals surface area contributed by atoms with E-state index in [1.165, 1.54) is 5.56 Å². The number of aliphatic hydroxyl groups is 1. The summed E-state index contributed by atoms with van der Waals surface area (Å²) in [6.45, 7) is 5.85. The molecule has 0 saturated heterocycles. The van der Waals surface area contributed by atoms with Crippen LogP contribution in [-0.4, -0.2) is 10.7 Å². The molecule has 0 heterocycles. The topological polar surface area (TPSA) is 20.2 Å². The van der Waals surface area contributed by atoms with E-state index in [1.807, 2.05) is 32.0 Å². The zero-order valence-electron chi connectivity index (χ0n) is 8.62. The van der Waals surface area contributed by atoms with E-state index in [0.29, 0.717) is 5.92 Å². The summed E-state index contributed by atoms with van der Waals surface area (Å²) in [6.07, 6.45) is 0.803. The Labute approximate surface area is 80.4 Å². The van der Waals surface area contributed by atoms with Crippen molar-refractivity contribution in [3.63, 3.8) is 0 Å². The summed E-state index contributed by atoms with van der Waals surface area (Å²) < 4.78 is 0. The maximum Gasteiger partial charge on any atom is 0.0597 e. The van der Waals surface area contributed by atoms with E-state index in [9.17, 15) is 5.11 Å². The first-order chi connectivity index (χ1) is 5.99. The Morgan fingerprint density at radius 3 is 2.23 bits per heavy atom. The fraction of sp³-hybridized carbons (Fsp3) is 0.500. The van der Waals surface area contributed by atoms with Gasteiger partial charge in [0.25, 0.3) is 0 Å². The maximum atomic E-state index is 9.65. The van der Waals surface area contributed by atoms with E-state index in [2.05, 4.69) is 19.1 Å². The Morgan fingerprint density at radius 2 is 1.77 bits per heavy atom. The summed E-state index contributed by atoms with van der Waals surface area (Å²) >= 11 is 0. The lowest BCUT2D eigenvalue weighted by Gasteiger charge is -2.22. The highest BCUT2D eigenvalue weighted by atomic mass is 16.3. The van der Waals surface area contributed by atoms with Crippen molar-refractivity contribution in [2.24, 2.45) is 0 Å². The van der Waals surface area contributed by atoms with Crippen molar-refractivity contribution in [1.82, 2.24) is 0 Å². The highest BCUT2D eigenvalue weighted by molar-refractivity contribution is 5.19. The molecule has 0 saturated carbocycles. The second-order valence-electron chi connectivity index (χ2n) is 4.33. The van der Waals surface area contributed by atoms with Gasteiger partial charge in [-0.3, -0.25) is 0 Å². The minimum absolute atomic E-state index is 0.418. The lowest BCUT2D eigenvalue weighted by molar-refractivity contribution is 0.0647. The van der Waals surface area contributed by atoms with Crippen LogP contribution in [-0.2, 0) is 0 Å². The Bertz CT molecular complexity index is 246. The molecule has 1 nitrogen and oxygen atoms in total. The third-order valence-electron chi connectivity index (χ3n) is 2.17. The summed E-state index contributed by atoms with van der Waals surface area (Å²) in [5.74, 6) is 0.418. The van der Waals surface area contributed by atoms with Gasteiger partial charge in [-0.25, -0.2) is 0 Å². The summed E-state index contributed by atoms with van der Waals surface area (Å²) in [5.41, 5.74) is 0.722. The van der Waals surface area contributed by atoms with Crippen LogP contribution in [0, 0.1) is 0 Å². The molecule has 13 heavy (non-hydrogen) atoms. The molecule has 0 amide bonds. The zero-order valence-corrected chi connectivity index (χ0v) is 8.62. The highest BCUT2D eigenvalue weighted by Gasteiger charge is 2.17. The van der Waals surface area contributed by atoms with Crippen LogP contribution < -0.4 is 0 Å². The number of hydrogen-bond donors (Lipinski definition) is 1. The molecule has 0 aliphatic rings. The number of benzene rings is 1. The molecule has 0 aliphatic carbocycles. The molecular weight excluding hydrogens is 160 g/mol. The lowest BCUT2D eigenvalue weighted by Crippen LogP contribution is -2.21. The first-order valence-corrected chi connectivity index (χ1v) is 4.76. The van der Waals surface area contributed by atoms with Gasteiger partial charge in [0.2, 0.25) is 0 Å². The molecule has 0 unspecified atom stereocenters. The molecule has 1 N–H and O–H groups in total. The normalized spacial score (nSPS) is 14.2. The van der Waals surface area contributed by atoms with E-state index in [-0.39, 0.29) is 0 Å². The summed E-state index contributed by atoms with van der Waals surface area (Å²) in [5, 5.41) is 9.65. The lowest BCUT2D eigenvalue weighted by atomic mass is 9.89. The van der Waals surface area contributed by atoms with Crippen LogP contribution in [0.2, 0.25) is 0 Å². The molecule has 1 aromatic carbocycles. The second kappa shape index (κ2) is 3.93. The van der Waals surface area contributed by atoms with E-state index in [1.54, 1.807) is 0 Å². The van der Waals surface area contributed by atoms with Crippen LogP contribution in [0.1, 0.15) is 38.7 Å². The first-order valence-electron chi connectivity index (χ1n) is 4.76. The van der Waals surface area contributed by atoms with Crippen molar-refractivity contribution in [2.75, 3.05) is 0 Å². The van der Waals surface area contributed by atoms with Gasteiger partial charge in [0.05, 0.1) is 5.60 Å². The molecule has 0 radical (unpaired) electrons. The van der Waals surface area contributed by atoms with Gasteiger partial charge in [0, 0.05) is 0 Å². The van der Waals surface area contributed by atoms with Gasteiger partial charge in [-0.1, -0.05) is 37.3 Å². The number of hydrogen-bond acceptors (Lipinski definition) is 1. The Hall–Kier alpha value is -0.820. The van der Waals surface area contributed by atoms with Gasteiger partial charge in [-0.15, -0.1) is 0 Å². The highest BCUT2D eigenvalue weighted by Crippen LogP contribution is 2.24. The van der Waals surface area contributed by atoms with Crippen LogP contribution in [0.4, 0.5) is 0 Å². The molecule has 0 bridgehead atoms. The predicted octanol–water partition coefficient (Wildman–Crippen LogP) is 2.95. The molecule has 1 rings (SSSR count). The van der Waals surface area contributed by atoms with E-state index >= 15 is 0 Å². The first kappa shape index (κ1) is 10.3. The van der Waals surface area contributed by atoms with Crippen molar-refractivity contribution in [3.05, 3.63) is 35.9 Å². The third kappa shape index (κ3) is 3.60. The maximum absolute atomic E-state index is 9.65. The van der Waals surface area contributed by atoms with Crippen LogP contribution in [0.25, 0.3) is 0 Å². The van der Waals surface area contributed by atoms with Gasteiger partial charge in [0.1, 0.15) is 0 Å². The summed E-state index contributed by atoms with van der Waals surface area (Å²) in [7, 11) is 0. The van der Waals surface area contributed by atoms with Gasteiger partial charge >= 0.3 is 0 Å². The van der Waals surface area contributed by atoms with Gasteiger partial charge in [-0.05, 0) is 31.7 Å². The van der Waals surface area contributed by atoms with E-state index < -0.39 is 5.60 Å². The summed E-state index contributed by atoms with van der Waals surface area (Å²) in [6, 6.07) is 10.3. The quantitative estimate of drug-likeness (QED) is 0.754. The molecule has 1 aromatic rings. The van der Waals surface area contributed by atoms with Crippen LogP contribution in [0.15, 0.2) is 30.3 Å².